The Hall–Kier alpha value is -1.96. The summed E-state index contributed by atoms with van der Waals surface area (Å²) in [6.07, 6.45) is 0.768. The maximum Gasteiger partial charge on any atom is 0.123 e. The van der Waals surface area contributed by atoms with Crippen LogP contribution in [-0.4, -0.2) is 11.7 Å². The minimum Gasteiger partial charge on any atom is -0.508 e. The molecule has 0 heterocycles. The molecular weight excluding hydrogens is 248 g/mol. The van der Waals surface area contributed by atoms with Gasteiger partial charge in [-0.15, -0.1) is 0 Å². The van der Waals surface area contributed by atoms with Crippen LogP contribution in [0.4, 0.5) is 0 Å². The van der Waals surface area contributed by atoms with Gasteiger partial charge in [0.1, 0.15) is 11.5 Å². The zero-order chi connectivity index (χ0) is 14.6. The highest BCUT2D eigenvalue weighted by atomic mass is 16.5. The summed E-state index contributed by atoms with van der Waals surface area (Å²) in [7, 11) is 0. The maximum atomic E-state index is 9.96. The van der Waals surface area contributed by atoms with Crippen LogP contribution in [0.2, 0.25) is 0 Å². The molecule has 0 saturated carbocycles. The van der Waals surface area contributed by atoms with Gasteiger partial charge in [0.05, 0.1) is 6.61 Å². The van der Waals surface area contributed by atoms with Gasteiger partial charge in [-0.3, -0.25) is 0 Å². The first-order valence-corrected chi connectivity index (χ1v) is 7.04. The van der Waals surface area contributed by atoms with Gasteiger partial charge in [0, 0.05) is 5.56 Å². The highest BCUT2D eigenvalue weighted by Crippen LogP contribution is 2.36. The third kappa shape index (κ3) is 3.13. The molecule has 0 atom stereocenters. The van der Waals surface area contributed by atoms with E-state index in [0.717, 1.165) is 17.7 Å². The summed E-state index contributed by atoms with van der Waals surface area (Å²) in [5.41, 5.74) is 2.03. The molecule has 2 heteroatoms. The molecule has 0 aliphatic heterocycles. The summed E-state index contributed by atoms with van der Waals surface area (Å²) in [6, 6.07) is 15.6. The van der Waals surface area contributed by atoms with E-state index in [2.05, 4.69) is 19.9 Å². The SMILES string of the molecule is CCOc1ccccc1C(C)(C)Cc1ccccc1O. The summed E-state index contributed by atoms with van der Waals surface area (Å²) in [5, 5.41) is 9.96. The highest BCUT2D eigenvalue weighted by Gasteiger charge is 2.25. The lowest BCUT2D eigenvalue weighted by Gasteiger charge is -2.28. The Morgan fingerprint density at radius 1 is 1.00 bits per heavy atom. The quantitative estimate of drug-likeness (QED) is 0.877. The van der Waals surface area contributed by atoms with Crippen molar-refractivity contribution in [1.82, 2.24) is 0 Å². The molecule has 2 rings (SSSR count). The largest absolute Gasteiger partial charge is 0.508 e. The molecule has 0 spiro atoms. The van der Waals surface area contributed by atoms with Crippen molar-refractivity contribution in [2.75, 3.05) is 6.61 Å². The van der Waals surface area contributed by atoms with Gasteiger partial charge in [0.25, 0.3) is 0 Å². The van der Waals surface area contributed by atoms with E-state index in [1.54, 1.807) is 6.07 Å². The van der Waals surface area contributed by atoms with E-state index in [4.69, 9.17) is 4.74 Å². The molecule has 0 aromatic heterocycles. The van der Waals surface area contributed by atoms with Crippen LogP contribution in [0, 0.1) is 0 Å². The summed E-state index contributed by atoms with van der Waals surface area (Å²) in [5.74, 6) is 1.28. The number of hydrogen-bond donors (Lipinski definition) is 1. The standard InChI is InChI=1S/C18H22O2/c1-4-20-17-12-8-6-10-15(17)18(2,3)13-14-9-5-7-11-16(14)19/h5-12,19H,4,13H2,1-3H3. The van der Waals surface area contributed by atoms with E-state index < -0.39 is 0 Å². The van der Waals surface area contributed by atoms with Gasteiger partial charge in [-0.1, -0.05) is 50.2 Å². The zero-order valence-corrected chi connectivity index (χ0v) is 12.4. The van der Waals surface area contributed by atoms with Crippen LogP contribution in [-0.2, 0) is 11.8 Å². The second-order valence-corrected chi connectivity index (χ2v) is 5.62. The first kappa shape index (κ1) is 14.4. The van der Waals surface area contributed by atoms with Crippen molar-refractivity contribution >= 4 is 0 Å². The molecule has 0 amide bonds. The number of para-hydroxylation sites is 2. The predicted octanol–water partition coefficient (Wildman–Crippen LogP) is 4.31. The Bertz CT molecular complexity index is 573. The molecule has 0 saturated heterocycles. The molecular formula is C18H22O2. The second kappa shape index (κ2) is 6.00. The minimum atomic E-state index is -0.107. The van der Waals surface area contributed by atoms with E-state index in [1.165, 1.54) is 5.56 Å². The normalized spacial score (nSPS) is 11.3. The Morgan fingerprint density at radius 2 is 1.65 bits per heavy atom. The predicted molar refractivity (Wildman–Crippen MR) is 82.4 cm³/mol. The highest BCUT2D eigenvalue weighted by molar-refractivity contribution is 5.42. The number of phenols is 1. The van der Waals surface area contributed by atoms with Crippen molar-refractivity contribution in [2.45, 2.75) is 32.6 Å². The molecule has 0 radical (unpaired) electrons. The number of benzene rings is 2. The lowest BCUT2D eigenvalue weighted by atomic mass is 9.78. The zero-order valence-electron chi connectivity index (χ0n) is 12.4. The maximum absolute atomic E-state index is 9.96. The summed E-state index contributed by atoms with van der Waals surface area (Å²) >= 11 is 0. The number of rotatable bonds is 5. The van der Waals surface area contributed by atoms with Gasteiger partial charge < -0.3 is 9.84 Å². The smallest absolute Gasteiger partial charge is 0.123 e. The molecule has 0 aliphatic carbocycles. The molecule has 20 heavy (non-hydrogen) atoms. The molecule has 2 aromatic rings. The van der Waals surface area contributed by atoms with E-state index in [-0.39, 0.29) is 5.41 Å². The third-order valence-electron chi connectivity index (χ3n) is 3.54. The average Bonchev–Trinajstić information content (AvgIpc) is 2.42. The minimum absolute atomic E-state index is 0.107. The van der Waals surface area contributed by atoms with Crippen LogP contribution < -0.4 is 4.74 Å². The summed E-state index contributed by atoms with van der Waals surface area (Å²) < 4.78 is 5.73. The van der Waals surface area contributed by atoms with Crippen molar-refractivity contribution in [3.05, 3.63) is 59.7 Å². The number of aromatic hydroxyl groups is 1. The van der Waals surface area contributed by atoms with Crippen LogP contribution in [0.15, 0.2) is 48.5 Å². The van der Waals surface area contributed by atoms with E-state index in [1.807, 2.05) is 43.3 Å². The van der Waals surface area contributed by atoms with Gasteiger partial charge in [-0.05, 0) is 36.5 Å². The average molecular weight is 270 g/mol. The third-order valence-corrected chi connectivity index (χ3v) is 3.54. The first-order valence-electron chi connectivity index (χ1n) is 7.04. The van der Waals surface area contributed by atoms with Crippen molar-refractivity contribution in [3.8, 4) is 11.5 Å². The molecule has 106 valence electrons. The van der Waals surface area contributed by atoms with Crippen LogP contribution in [0.25, 0.3) is 0 Å². The van der Waals surface area contributed by atoms with Crippen LogP contribution in [0.3, 0.4) is 0 Å². The van der Waals surface area contributed by atoms with Crippen molar-refractivity contribution in [1.29, 1.82) is 0 Å². The van der Waals surface area contributed by atoms with Gasteiger partial charge in [0.2, 0.25) is 0 Å². The Labute approximate surface area is 121 Å². The van der Waals surface area contributed by atoms with Crippen molar-refractivity contribution < 1.29 is 9.84 Å². The Kier molecular flexibility index (Phi) is 4.33. The van der Waals surface area contributed by atoms with Crippen LogP contribution in [0.1, 0.15) is 31.9 Å². The number of ether oxygens (including phenoxy) is 1. The van der Waals surface area contributed by atoms with Gasteiger partial charge >= 0.3 is 0 Å². The van der Waals surface area contributed by atoms with E-state index in [9.17, 15) is 5.11 Å². The topological polar surface area (TPSA) is 29.5 Å². The Balaban J connectivity index is 2.33. The summed E-state index contributed by atoms with van der Waals surface area (Å²) in [6.45, 7) is 7.01. The molecule has 0 bridgehead atoms. The lowest BCUT2D eigenvalue weighted by molar-refractivity contribution is 0.327. The lowest BCUT2D eigenvalue weighted by Crippen LogP contribution is -2.21. The summed E-state index contributed by atoms with van der Waals surface area (Å²) in [4.78, 5) is 0. The molecule has 0 aliphatic rings. The molecule has 0 unspecified atom stereocenters. The Morgan fingerprint density at radius 3 is 2.35 bits per heavy atom. The first-order chi connectivity index (χ1) is 9.54. The molecule has 2 aromatic carbocycles. The van der Waals surface area contributed by atoms with Gasteiger partial charge in [0.15, 0.2) is 0 Å². The molecule has 0 fully saturated rings. The van der Waals surface area contributed by atoms with Gasteiger partial charge in [-0.25, -0.2) is 0 Å². The molecule has 2 nitrogen and oxygen atoms in total. The number of phenolic OH excluding ortho intramolecular Hbond substituents is 1. The van der Waals surface area contributed by atoms with Gasteiger partial charge in [-0.2, -0.15) is 0 Å². The fourth-order valence-corrected chi connectivity index (χ4v) is 2.54. The monoisotopic (exact) mass is 270 g/mol. The van der Waals surface area contributed by atoms with Crippen molar-refractivity contribution in [2.24, 2.45) is 0 Å². The fraction of sp³-hybridized carbons (Fsp3) is 0.333. The van der Waals surface area contributed by atoms with E-state index >= 15 is 0 Å². The van der Waals surface area contributed by atoms with Crippen molar-refractivity contribution in [3.63, 3.8) is 0 Å². The second-order valence-electron chi connectivity index (χ2n) is 5.62. The molecule has 1 N–H and O–H groups in total. The van der Waals surface area contributed by atoms with Crippen LogP contribution >= 0.6 is 0 Å². The fourth-order valence-electron chi connectivity index (χ4n) is 2.54. The van der Waals surface area contributed by atoms with Crippen LogP contribution in [0.5, 0.6) is 11.5 Å². The number of hydrogen-bond acceptors (Lipinski definition) is 2. The van der Waals surface area contributed by atoms with E-state index in [0.29, 0.717) is 12.4 Å².